The van der Waals surface area contributed by atoms with Gasteiger partial charge in [-0.25, -0.2) is 9.97 Å². The van der Waals surface area contributed by atoms with Crippen LogP contribution in [0.2, 0.25) is 0 Å². The van der Waals surface area contributed by atoms with E-state index in [-0.39, 0.29) is 0 Å². The fourth-order valence-electron chi connectivity index (χ4n) is 2.46. The van der Waals surface area contributed by atoms with Crippen molar-refractivity contribution in [2.75, 3.05) is 19.0 Å². The summed E-state index contributed by atoms with van der Waals surface area (Å²) in [6, 6.07) is 18.2. The number of anilines is 1. The van der Waals surface area contributed by atoms with Gasteiger partial charge >= 0.3 is 0 Å². The van der Waals surface area contributed by atoms with Crippen LogP contribution in [0.1, 0.15) is 11.1 Å². The van der Waals surface area contributed by atoms with Crippen molar-refractivity contribution in [1.29, 1.82) is 0 Å². The van der Waals surface area contributed by atoms with Gasteiger partial charge in [-0.2, -0.15) is 0 Å². The number of aryl methyl sites for hydroxylation is 1. The maximum absolute atomic E-state index is 5.18. The predicted molar refractivity (Wildman–Crippen MR) is 97.4 cm³/mol. The van der Waals surface area contributed by atoms with Gasteiger partial charge in [-0.1, -0.05) is 42.5 Å². The third-order valence-electron chi connectivity index (χ3n) is 3.87. The molecule has 0 atom stereocenters. The summed E-state index contributed by atoms with van der Waals surface area (Å²) < 4.78 is 5.18. The summed E-state index contributed by atoms with van der Waals surface area (Å²) in [4.78, 5) is 9.09. The summed E-state index contributed by atoms with van der Waals surface area (Å²) in [5.41, 5.74) is 3.33. The van der Waals surface area contributed by atoms with Crippen molar-refractivity contribution in [2.24, 2.45) is 0 Å². The van der Waals surface area contributed by atoms with Crippen molar-refractivity contribution in [3.8, 4) is 17.1 Å². The van der Waals surface area contributed by atoms with E-state index in [4.69, 9.17) is 4.74 Å². The molecule has 0 aliphatic rings. The number of hydrogen-bond acceptors (Lipinski definition) is 4. The van der Waals surface area contributed by atoms with Gasteiger partial charge in [-0.3, -0.25) is 0 Å². The molecule has 0 radical (unpaired) electrons. The molecule has 4 nitrogen and oxygen atoms in total. The van der Waals surface area contributed by atoms with Crippen LogP contribution in [0, 0.1) is 6.92 Å². The van der Waals surface area contributed by atoms with Crippen molar-refractivity contribution >= 4 is 5.82 Å². The minimum absolute atomic E-state index is 0.744. The minimum atomic E-state index is 0.744. The Balaban J connectivity index is 1.66. The number of nitrogens with one attached hydrogen (secondary N) is 1. The van der Waals surface area contributed by atoms with E-state index in [1.807, 2.05) is 55.6 Å². The number of aromatic nitrogens is 2. The second kappa shape index (κ2) is 7.59. The van der Waals surface area contributed by atoms with Gasteiger partial charge in [0.1, 0.15) is 11.6 Å². The summed E-state index contributed by atoms with van der Waals surface area (Å²) in [5.74, 6) is 2.51. The predicted octanol–water partition coefficient (Wildman–Crippen LogP) is 4.12. The molecule has 3 rings (SSSR count). The molecule has 0 saturated heterocycles. The molecule has 0 amide bonds. The van der Waals surface area contributed by atoms with Gasteiger partial charge in [-0.15, -0.1) is 0 Å². The molecule has 1 N–H and O–H groups in total. The fraction of sp³-hybridized carbons (Fsp3) is 0.200. The van der Waals surface area contributed by atoms with Crippen LogP contribution in [0.15, 0.2) is 60.8 Å². The molecule has 0 unspecified atom stereocenters. The standard InChI is InChI=1S/C20H21N3O/c1-15-14-22-20(17-6-4-3-5-7-17)23-19(15)21-13-12-16-8-10-18(24-2)11-9-16/h3-11,14H,12-13H2,1-2H3,(H,21,22,23). The first-order chi connectivity index (χ1) is 11.8. The van der Waals surface area contributed by atoms with E-state index in [2.05, 4.69) is 27.4 Å². The smallest absolute Gasteiger partial charge is 0.161 e. The van der Waals surface area contributed by atoms with Gasteiger partial charge in [0.2, 0.25) is 0 Å². The Morgan fingerprint density at radius 2 is 1.75 bits per heavy atom. The highest BCUT2D eigenvalue weighted by Gasteiger charge is 2.05. The van der Waals surface area contributed by atoms with E-state index in [0.717, 1.165) is 41.5 Å². The zero-order chi connectivity index (χ0) is 16.8. The number of hydrogen-bond donors (Lipinski definition) is 1. The molecule has 0 fully saturated rings. The SMILES string of the molecule is COc1ccc(CCNc2nc(-c3ccccc3)ncc2C)cc1. The van der Waals surface area contributed by atoms with Crippen molar-refractivity contribution in [2.45, 2.75) is 13.3 Å². The first kappa shape index (κ1) is 16.0. The number of rotatable bonds is 6. The van der Waals surface area contributed by atoms with Gasteiger partial charge in [0.15, 0.2) is 5.82 Å². The molecule has 0 spiro atoms. The second-order valence-electron chi connectivity index (χ2n) is 5.62. The highest BCUT2D eigenvalue weighted by atomic mass is 16.5. The van der Waals surface area contributed by atoms with E-state index < -0.39 is 0 Å². The lowest BCUT2D eigenvalue weighted by atomic mass is 10.1. The lowest BCUT2D eigenvalue weighted by molar-refractivity contribution is 0.414. The Hall–Kier alpha value is -2.88. The molecule has 24 heavy (non-hydrogen) atoms. The lowest BCUT2D eigenvalue weighted by Crippen LogP contribution is -2.08. The molecule has 0 saturated carbocycles. The van der Waals surface area contributed by atoms with Gasteiger partial charge in [0, 0.05) is 23.9 Å². The molecular formula is C20H21N3O. The number of nitrogens with zero attached hydrogens (tertiary/aromatic N) is 2. The summed E-state index contributed by atoms with van der Waals surface area (Å²) in [5, 5.41) is 3.42. The van der Waals surface area contributed by atoms with Crippen molar-refractivity contribution < 1.29 is 4.74 Å². The van der Waals surface area contributed by atoms with Gasteiger partial charge < -0.3 is 10.1 Å². The maximum Gasteiger partial charge on any atom is 0.161 e. The third kappa shape index (κ3) is 3.90. The van der Waals surface area contributed by atoms with Gasteiger partial charge in [-0.05, 0) is 31.0 Å². The molecular weight excluding hydrogens is 298 g/mol. The second-order valence-corrected chi connectivity index (χ2v) is 5.62. The van der Waals surface area contributed by atoms with Crippen molar-refractivity contribution in [3.05, 3.63) is 71.9 Å². The topological polar surface area (TPSA) is 47.0 Å². The van der Waals surface area contributed by atoms with E-state index >= 15 is 0 Å². The average molecular weight is 319 g/mol. The van der Waals surface area contributed by atoms with Crippen LogP contribution in [0.5, 0.6) is 5.75 Å². The summed E-state index contributed by atoms with van der Waals surface area (Å²) in [7, 11) is 1.68. The molecule has 0 bridgehead atoms. The molecule has 0 aliphatic carbocycles. The first-order valence-corrected chi connectivity index (χ1v) is 8.02. The zero-order valence-electron chi connectivity index (χ0n) is 14.0. The Labute approximate surface area is 142 Å². The maximum atomic E-state index is 5.18. The largest absolute Gasteiger partial charge is 0.497 e. The summed E-state index contributed by atoms with van der Waals surface area (Å²) >= 11 is 0. The first-order valence-electron chi connectivity index (χ1n) is 8.02. The monoisotopic (exact) mass is 319 g/mol. The lowest BCUT2D eigenvalue weighted by Gasteiger charge is -2.10. The fourth-order valence-corrected chi connectivity index (χ4v) is 2.46. The molecule has 122 valence electrons. The summed E-state index contributed by atoms with van der Waals surface area (Å²) in [6.45, 7) is 2.84. The number of methoxy groups -OCH3 is 1. The average Bonchev–Trinajstić information content (AvgIpc) is 2.64. The Morgan fingerprint density at radius 1 is 1.00 bits per heavy atom. The molecule has 0 aliphatic heterocycles. The van der Waals surface area contributed by atoms with Crippen molar-refractivity contribution in [3.63, 3.8) is 0 Å². The van der Waals surface area contributed by atoms with Crippen LogP contribution >= 0.6 is 0 Å². The third-order valence-corrected chi connectivity index (χ3v) is 3.87. The Bertz CT molecular complexity index is 786. The van der Waals surface area contributed by atoms with Gasteiger partial charge in [0.05, 0.1) is 7.11 Å². The van der Waals surface area contributed by atoms with Crippen LogP contribution in [-0.4, -0.2) is 23.6 Å². The number of benzene rings is 2. The highest BCUT2D eigenvalue weighted by molar-refractivity contribution is 5.58. The van der Waals surface area contributed by atoms with Crippen molar-refractivity contribution in [1.82, 2.24) is 9.97 Å². The van der Waals surface area contributed by atoms with E-state index in [1.54, 1.807) is 7.11 Å². The molecule has 1 heterocycles. The van der Waals surface area contributed by atoms with E-state index in [1.165, 1.54) is 5.56 Å². The van der Waals surface area contributed by atoms with Crippen LogP contribution < -0.4 is 10.1 Å². The molecule has 3 aromatic rings. The van der Waals surface area contributed by atoms with E-state index in [9.17, 15) is 0 Å². The Morgan fingerprint density at radius 3 is 2.46 bits per heavy atom. The van der Waals surface area contributed by atoms with Crippen LogP contribution in [0.3, 0.4) is 0 Å². The normalized spacial score (nSPS) is 10.4. The van der Waals surface area contributed by atoms with Crippen LogP contribution in [0.25, 0.3) is 11.4 Å². The summed E-state index contributed by atoms with van der Waals surface area (Å²) in [6.07, 6.45) is 2.79. The quantitative estimate of drug-likeness (QED) is 0.742. The highest BCUT2D eigenvalue weighted by Crippen LogP contribution is 2.18. The molecule has 1 aromatic heterocycles. The number of ether oxygens (including phenoxy) is 1. The van der Waals surface area contributed by atoms with Crippen LogP contribution in [-0.2, 0) is 6.42 Å². The van der Waals surface area contributed by atoms with Gasteiger partial charge in [0.25, 0.3) is 0 Å². The zero-order valence-corrected chi connectivity index (χ0v) is 14.0. The van der Waals surface area contributed by atoms with Crippen LogP contribution in [0.4, 0.5) is 5.82 Å². The molecule has 4 heteroatoms. The minimum Gasteiger partial charge on any atom is -0.497 e. The molecule has 2 aromatic carbocycles. The Kier molecular flexibility index (Phi) is 5.06. The van der Waals surface area contributed by atoms with E-state index in [0.29, 0.717) is 0 Å².